The highest BCUT2D eigenvalue weighted by Gasteiger charge is 2.29. The Balaban J connectivity index is 3.75. The predicted molar refractivity (Wildman–Crippen MR) is 48.2 cm³/mol. The summed E-state index contributed by atoms with van der Waals surface area (Å²) in [5.41, 5.74) is 0. The van der Waals surface area contributed by atoms with Crippen LogP contribution >= 0.6 is 15.9 Å². The third-order valence-electron chi connectivity index (χ3n) is 1.47. The van der Waals surface area contributed by atoms with Crippen LogP contribution in [0.25, 0.3) is 0 Å². The zero-order valence-corrected chi connectivity index (χ0v) is 9.32. The lowest BCUT2D eigenvalue weighted by molar-refractivity contribution is -0.325. The van der Waals surface area contributed by atoms with Crippen molar-refractivity contribution in [2.45, 2.75) is 12.8 Å². The van der Waals surface area contributed by atoms with E-state index in [2.05, 4.69) is 20.7 Å². The highest BCUT2D eigenvalue weighted by atomic mass is 79.9. The van der Waals surface area contributed by atoms with Gasteiger partial charge < -0.3 is 0 Å². The number of alkyl halides is 6. The van der Waals surface area contributed by atoms with E-state index in [9.17, 15) is 22.0 Å². The van der Waals surface area contributed by atoms with Crippen LogP contribution in [0.15, 0.2) is 0 Å². The van der Waals surface area contributed by atoms with E-state index in [4.69, 9.17) is 0 Å². The number of ether oxygens (including phenoxy) is 1. The molecular formula is C7H11BrF5NO. The topological polar surface area (TPSA) is 12.5 Å². The molecule has 2 nitrogen and oxygen atoms in total. The fourth-order valence-corrected chi connectivity index (χ4v) is 1.40. The maximum atomic E-state index is 11.9. The van der Waals surface area contributed by atoms with Gasteiger partial charge in [0.15, 0.2) is 0 Å². The van der Waals surface area contributed by atoms with Crippen molar-refractivity contribution in [3.05, 3.63) is 0 Å². The van der Waals surface area contributed by atoms with Gasteiger partial charge in [0.1, 0.15) is 0 Å². The average Bonchev–Trinajstić information content (AvgIpc) is 2.00. The van der Waals surface area contributed by atoms with Crippen molar-refractivity contribution in [3.8, 4) is 0 Å². The van der Waals surface area contributed by atoms with Crippen LogP contribution in [0.5, 0.6) is 0 Å². The number of hydrogen-bond donors (Lipinski definition) is 0. The van der Waals surface area contributed by atoms with Gasteiger partial charge in [0.25, 0.3) is 6.43 Å². The minimum absolute atomic E-state index is 0.171. The second-order valence-electron chi connectivity index (χ2n) is 2.67. The van der Waals surface area contributed by atoms with Gasteiger partial charge in [0.05, 0.1) is 13.2 Å². The molecule has 0 saturated carbocycles. The molecule has 0 rings (SSSR count). The summed E-state index contributed by atoms with van der Waals surface area (Å²) in [7, 11) is 0. The first-order valence-corrected chi connectivity index (χ1v) is 5.24. The normalized spacial score (nSPS) is 12.8. The van der Waals surface area contributed by atoms with Gasteiger partial charge >= 0.3 is 6.36 Å². The Morgan fingerprint density at radius 1 is 1.20 bits per heavy atom. The lowest BCUT2D eigenvalue weighted by Gasteiger charge is -2.20. The number of nitrogens with zero attached hydrogens (tertiary/aromatic N) is 1. The van der Waals surface area contributed by atoms with E-state index in [1.54, 1.807) is 0 Å². The monoisotopic (exact) mass is 299 g/mol. The first-order chi connectivity index (χ1) is 6.85. The Morgan fingerprint density at radius 2 is 1.80 bits per heavy atom. The molecule has 0 fully saturated rings. The van der Waals surface area contributed by atoms with Gasteiger partial charge in [-0.15, -0.1) is 13.2 Å². The molecular weight excluding hydrogens is 289 g/mol. The SMILES string of the molecule is FC(F)CN(CCBr)CCOC(F)(F)F. The molecule has 0 aromatic rings. The van der Waals surface area contributed by atoms with Gasteiger partial charge in [0, 0.05) is 18.4 Å². The van der Waals surface area contributed by atoms with Crippen molar-refractivity contribution in [3.63, 3.8) is 0 Å². The number of rotatable bonds is 7. The Morgan fingerprint density at radius 3 is 2.20 bits per heavy atom. The Labute approximate surface area is 92.5 Å². The average molecular weight is 300 g/mol. The van der Waals surface area contributed by atoms with Gasteiger partial charge in [0.2, 0.25) is 0 Å². The van der Waals surface area contributed by atoms with Crippen LogP contribution in [0, 0.1) is 0 Å². The molecule has 0 saturated heterocycles. The molecule has 0 atom stereocenters. The molecule has 0 aliphatic carbocycles. The van der Waals surface area contributed by atoms with E-state index in [-0.39, 0.29) is 13.1 Å². The fraction of sp³-hybridized carbons (Fsp3) is 1.00. The third-order valence-corrected chi connectivity index (χ3v) is 1.82. The molecule has 0 radical (unpaired) electrons. The summed E-state index contributed by atoms with van der Waals surface area (Å²) >= 11 is 3.02. The molecule has 0 N–H and O–H groups in total. The van der Waals surface area contributed by atoms with E-state index in [1.165, 1.54) is 4.90 Å². The van der Waals surface area contributed by atoms with Gasteiger partial charge in [-0.2, -0.15) is 0 Å². The van der Waals surface area contributed by atoms with E-state index in [0.29, 0.717) is 5.33 Å². The Kier molecular flexibility index (Phi) is 7.37. The van der Waals surface area contributed by atoms with Crippen LogP contribution in [-0.2, 0) is 4.74 Å². The van der Waals surface area contributed by atoms with Gasteiger partial charge in [-0.3, -0.25) is 9.64 Å². The molecule has 0 heterocycles. The first kappa shape index (κ1) is 15.0. The van der Waals surface area contributed by atoms with Crippen LogP contribution in [0.3, 0.4) is 0 Å². The summed E-state index contributed by atoms with van der Waals surface area (Å²) in [5, 5.41) is 0.422. The summed E-state index contributed by atoms with van der Waals surface area (Å²) in [5.74, 6) is 0. The Hall–Kier alpha value is 0.0500. The van der Waals surface area contributed by atoms with Gasteiger partial charge in [-0.05, 0) is 0 Å². The van der Waals surface area contributed by atoms with Crippen molar-refractivity contribution in [1.29, 1.82) is 0 Å². The van der Waals surface area contributed by atoms with E-state index in [1.807, 2.05) is 0 Å². The molecule has 0 aromatic heterocycles. The summed E-state index contributed by atoms with van der Waals surface area (Å²) in [6.07, 6.45) is -7.26. The van der Waals surface area contributed by atoms with Crippen molar-refractivity contribution < 1.29 is 26.7 Å². The van der Waals surface area contributed by atoms with Gasteiger partial charge in [-0.1, -0.05) is 15.9 Å². The molecule has 0 spiro atoms. The molecule has 0 amide bonds. The maximum absolute atomic E-state index is 11.9. The quantitative estimate of drug-likeness (QED) is 0.529. The second-order valence-corrected chi connectivity index (χ2v) is 3.47. The van der Waals surface area contributed by atoms with E-state index < -0.39 is 25.9 Å². The summed E-state index contributed by atoms with van der Waals surface area (Å²) < 4.78 is 62.1. The van der Waals surface area contributed by atoms with Crippen LogP contribution in [0.2, 0.25) is 0 Å². The van der Waals surface area contributed by atoms with E-state index in [0.717, 1.165) is 0 Å². The molecule has 0 aliphatic heterocycles. The highest BCUT2D eigenvalue weighted by molar-refractivity contribution is 9.09. The summed E-state index contributed by atoms with van der Waals surface area (Å²) in [6, 6.07) is 0. The van der Waals surface area contributed by atoms with Crippen LogP contribution in [0.4, 0.5) is 22.0 Å². The minimum atomic E-state index is -4.70. The molecule has 0 bridgehead atoms. The molecule has 15 heavy (non-hydrogen) atoms. The maximum Gasteiger partial charge on any atom is 0.522 e. The van der Waals surface area contributed by atoms with Crippen LogP contribution < -0.4 is 0 Å². The number of halogens is 6. The highest BCUT2D eigenvalue weighted by Crippen LogP contribution is 2.15. The lowest BCUT2D eigenvalue weighted by Crippen LogP contribution is -2.34. The second kappa shape index (κ2) is 7.34. The van der Waals surface area contributed by atoms with Crippen LogP contribution in [-0.4, -0.2) is 49.3 Å². The zero-order chi connectivity index (χ0) is 11.9. The third kappa shape index (κ3) is 10.3. The zero-order valence-electron chi connectivity index (χ0n) is 7.74. The minimum Gasteiger partial charge on any atom is -0.295 e. The van der Waals surface area contributed by atoms with Crippen molar-refractivity contribution in [2.24, 2.45) is 0 Å². The van der Waals surface area contributed by atoms with E-state index >= 15 is 0 Å². The Bertz CT molecular complexity index is 166. The largest absolute Gasteiger partial charge is 0.522 e. The van der Waals surface area contributed by atoms with Crippen molar-refractivity contribution in [2.75, 3.05) is 31.6 Å². The van der Waals surface area contributed by atoms with Crippen LogP contribution in [0.1, 0.15) is 0 Å². The summed E-state index contributed by atoms with van der Waals surface area (Å²) in [6.45, 7) is -1.10. The fourth-order valence-electron chi connectivity index (χ4n) is 0.900. The smallest absolute Gasteiger partial charge is 0.295 e. The lowest BCUT2D eigenvalue weighted by atomic mass is 10.5. The van der Waals surface area contributed by atoms with Crippen molar-refractivity contribution in [1.82, 2.24) is 4.90 Å². The van der Waals surface area contributed by atoms with Gasteiger partial charge in [-0.25, -0.2) is 8.78 Å². The predicted octanol–water partition coefficient (Wildman–Crippen LogP) is 2.48. The summed E-state index contributed by atoms with van der Waals surface area (Å²) in [4.78, 5) is 1.20. The molecule has 0 aromatic carbocycles. The molecule has 92 valence electrons. The molecule has 0 aliphatic rings. The van der Waals surface area contributed by atoms with Crippen molar-refractivity contribution >= 4 is 15.9 Å². The molecule has 8 heteroatoms. The molecule has 0 unspecified atom stereocenters. The number of hydrogen-bond acceptors (Lipinski definition) is 2. The first-order valence-electron chi connectivity index (χ1n) is 4.12. The standard InChI is InChI=1S/C7H11BrF5NO/c8-1-2-14(5-6(9)10)3-4-15-7(11,12)13/h6H,1-5H2.